The normalized spacial score (nSPS) is 5.78. The topological polar surface area (TPSA) is 26.3 Å². The Bertz CT molecular complexity index is 62.5. The molecule has 1 radical (unpaired) electrons. The van der Waals surface area contributed by atoms with Crippen molar-refractivity contribution in [2.45, 2.75) is 13.8 Å². The average molecular weight is 237 g/mol. The second-order valence-electron chi connectivity index (χ2n) is 0.925. The van der Waals surface area contributed by atoms with Gasteiger partial charge in [-0.2, -0.15) is 0 Å². The van der Waals surface area contributed by atoms with E-state index < -0.39 is 0 Å². The Morgan fingerprint density at radius 1 is 1.67 bits per heavy atom. The number of ether oxygens (including phenoxy) is 1. The van der Waals surface area contributed by atoms with Gasteiger partial charge < -0.3 is 4.74 Å². The summed E-state index contributed by atoms with van der Waals surface area (Å²) in [5.41, 5.74) is 0. The van der Waals surface area contributed by atoms with Gasteiger partial charge in [0.1, 0.15) is 0 Å². The third-order valence-corrected chi connectivity index (χ3v) is 0.348. The van der Waals surface area contributed by atoms with Crippen molar-refractivity contribution < 1.29 is 41.4 Å². The maximum Gasteiger partial charge on any atom is 0 e. The summed E-state index contributed by atoms with van der Waals surface area (Å²) in [6.45, 7) is 3.65. The quantitative estimate of drug-likeness (QED) is 0.507. The van der Waals surface area contributed by atoms with Crippen molar-refractivity contribution in [1.29, 1.82) is 0 Å². The number of carbonyl (C=O) groups excluding carboxylic acids is 1. The predicted octanol–water partition coefficient (Wildman–Crippen LogP) is 1.25. The smallest absolute Gasteiger partial charge is 0 e. The van der Waals surface area contributed by atoms with E-state index in [0.29, 0.717) is 6.61 Å². The van der Waals surface area contributed by atoms with Crippen molar-refractivity contribution in [3.05, 3.63) is 0 Å². The molecule has 0 N–H and O–H groups in total. The Kier molecular flexibility index (Phi) is 29.0. The maximum absolute atomic E-state index is 9.82. The first-order valence-corrected chi connectivity index (χ1v) is 3.67. The average Bonchev–Trinajstić information content (AvgIpc) is 1.72. The first-order chi connectivity index (χ1) is 3.77. The van der Waals surface area contributed by atoms with Crippen molar-refractivity contribution in [3.63, 3.8) is 0 Å². The molecule has 0 saturated carbocycles. The molecule has 0 fully saturated rings. The van der Waals surface area contributed by atoms with Crippen LogP contribution in [0.2, 0.25) is 0 Å². The second-order valence-corrected chi connectivity index (χ2v) is 0.925. The van der Waals surface area contributed by atoms with Crippen LogP contribution in [-0.4, -0.2) is 12.6 Å². The van der Waals surface area contributed by atoms with Gasteiger partial charge in [0.15, 0.2) is 0 Å². The third-order valence-electron chi connectivity index (χ3n) is 0.348. The molecule has 9 heavy (non-hydrogen) atoms. The largest absolute Gasteiger partial charge is 0 e. The molecular formula is C4H8ClCoMnO2. The summed E-state index contributed by atoms with van der Waals surface area (Å²) in [7, 11) is 4.45. The van der Waals surface area contributed by atoms with E-state index in [0.717, 1.165) is 0 Å². The molecule has 0 saturated heterocycles. The number of carbonyl (C=O) groups is 1. The van der Waals surface area contributed by atoms with Crippen LogP contribution in [0.25, 0.3) is 0 Å². The Hall–Kier alpha value is 0.786. The molecule has 2 nitrogen and oxygen atoms in total. The molecule has 0 aliphatic carbocycles. The molecule has 0 aromatic heterocycles. The third kappa shape index (κ3) is 28.2. The van der Waals surface area contributed by atoms with Gasteiger partial charge in [0, 0.05) is 23.7 Å². The standard InChI is InChI=1S/C4H8O2.ClH.Co.Mn/c1-3-6-4(2)5;;;/h3H2,1-2H3;1H;;/q;;;+1/p-1. The minimum absolute atomic E-state index is 0. The van der Waals surface area contributed by atoms with Crippen LogP contribution >= 0.6 is 10.1 Å². The number of esters is 1. The zero-order valence-electron chi connectivity index (χ0n) is 5.11. The van der Waals surface area contributed by atoms with Crippen molar-refractivity contribution in [1.82, 2.24) is 0 Å². The van der Waals surface area contributed by atoms with E-state index in [4.69, 9.17) is 0 Å². The van der Waals surface area contributed by atoms with E-state index in [9.17, 15) is 4.79 Å². The monoisotopic (exact) mass is 237 g/mol. The van der Waals surface area contributed by atoms with E-state index in [1.54, 1.807) is 6.92 Å². The van der Waals surface area contributed by atoms with Crippen molar-refractivity contribution in [2.75, 3.05) is 6.61 Å². The molecule has 0 heterocycles. The Balaban J connectivity index is -0.000000109. The number of rotatable bonds is 1. The predicted molar refractivity (Wildman–Crippen MR) is 28.2 cm³/mol. The Morgan fingerprint density at radius 2 is 2.00 bits per heavy atom. The van der Waals surface area contributed by atoms with Crippen molar-refractivity contribution in [3.8, 4) is 0 Å². The zero-order valence-corrected chi connectivity index (χ0v) is 8.09. The summed E-state index contributed by atoms with van der Waals surface area (Å²) in [6.07, 6.45) is 0. The molecule has 0 atom stereocenters. The van der Waals surface area contributed by atoms with E-state index in [-0.39, 0.29) is 22.7 Å². The second kappa shape index (κ2) is 15.9. The minimum Gasteiger partial charge on any atom is 0 e. The molecule has 0 aliphatic rings. The fourth-order valence-corrected chi connectivity index (χ4v) is 0.203. The summed E-state index contributed by atoms with van der Waals surface area (Å²) in [4.78, 5) is 9.82. The number of hydrogen-bond donors (Lipinski definition) is 0. The molecule has 0 aliphatic heterocycles. The van der Waals surface area contributed by atoms with Gasteiger partial charge in [-0.1, -0.05) is 0 Å². The van der Waals surface area contributed by atoms with Gasteiger partial charge in [-0.05, 0) is 6.92 Å². The first kappa shape index (κ1) is 16.4. The van der Waals surface area contributed by atoms with Gasteiger partial charge >= 0.3 is 31.2 Å². The van der Waals surface area contributed by atoms with Crippen LogP contribution in [0.5, 0.6) is 0 Å². The van der Waals surface area contributed by atoms with Crippen LogP contribution in [0.15, 0.2) is 0 Å². The molecule has 0 spiro atoms. The number of hydrogen-bond acceptors (Lipinski definition) is 2. The molecule has 0 unspecified atom stereocenters. The fraction of sp³-hybridized carbons (Fsp3) is 0.750. The van der Waals surface area contributed by atoms with Gasteiger partial charge in [-0.25, -0.2) is 0 Å². The van der Waals surface area contributed by atoms with Gasteiger partial charge in [0.2, 0.25) is 0 Å². The van der Waals surface area contributed by atoms with Crippen molar-refractivity contribution in [2.24, 2.45) is 0 Å². The molecular weight excluding hydrogens is 229 g/mol. The molecule has 5 heteroatoms. The van der Waals surface area contributed by atoms with Crippen LogP contribution < -0.4 is 0 Å². The minimum atomic E-state index is -0.211. The van der Waals surface area contributed by atoms with E-state index in [1.807, 2.05) is 0 Å². The SMILES string of the molecule is CCOC(C)=O.[Cl][Mn].[Co]. The van der Waals surface area contributed by atoms with Gasteiger partial charge in [0.25, 0.3) is 0 Å². The maximum atomic E-state index is 9.82. The Morgan fingerprint density at radius 3 is 2.00 bits per heavy atom. The van der Waals surface area contributed by atoms with Gasteiger partial charge in [-0.3, -0.25) is 4.79 Å². The molecule has 0 aromatic carbocycles. The van der Waals surface area contributed by atoms with Crippen LogP contribution in [0.3, 0.4) is 0 Å². The first-order valence-electron chi connectivity index (χ1n) is 2.05. The fourth-order valence-electron chi connectivity index (χ4n) is 0.203. The zero-order chi connectivity index (χ0) is 6.99. The van der Waals surface area contributed by atoms with Crippen LogP contribution in [0.4, 0.5) is 0 Å². The van der Waals surface area contributed by atoms with E-state index >= 15 is 0 Å². The number of halogens is 1. The summed E-state index contributed by atoms with van der Waals surface area (Å²) in [5, 5.41) is 0. The van der Waals surface area contributed by atoms with Crippen molar-refractivity contribution >= 4 is 16.1 Å². The molecule has 59 valence electrons. The summed E-state index contributed by atoms with van der Waals surface area (Å²) in [5.74, 6) is -0.211. The molecule has 0 amide bonds. The summed E-state index contributed by atoms with van der Waals surface area (Å²) in [6, 6.07) is 0. The van der Waals surface area contributed by atoms with Gasteiger partial charge in [0.05, 0.1) is 6.61 Å². The van der Waals surface area contributed by atoms with Crippen LogP contribution in [-0.2, 0) is 41.4 Å². The molecule has 0 aromatic rings. The van der Waals surface area contributed by atoms with Gasteiger partial charge in [-0.15, -0.1) is 0 Å². The van der Waals surface area contributed by atoms with Crippen LogP contribution in [0, 0.1) is 0 Å². The summed E-state index contributed by atoms with van der Waals surface area (Å²) >= 11 is 2.41. The Labute approximate surface area is 77.9 Å². The summed E-state index contributed by atoms with van der Waals surface area (Å²) < 4.78 is 4.40. The van der Waals surface area contributed by atoms with E-state index in [1.165, 1.54) is 6.92 Å². The molecule has 0 bridgehead atoms. The van der Waals surface area contributed by atoms with Crippen LogP contribution in [0.1, 0.15) is 13.8 Å². The van der Waals surface area contributed by atoms with E-state index in [2.05, 4.69) is 29.9 Å². The molecule has 0 rings (SSSR count).